The number of allylic oxidation sites excluding steroid dienone is 1. The molecule has 0 unspecified atom stereocenters. The SMILES string of the molecule is COc1ccc2c(c1C#CC(C)(C)N1CCN(C(=O)OC(C)(C)C)CC1)O/C(=C\c1n[nH]c3ccccc13)C2=O. The molecule has 2 aliphatic rings. The summed E-state index contributed by atoms with van der Waals surface area (Å²) in [5, 5.41) is 8.22. The van der Waals surface area contributed by atoms with Crippen LogP contribution in [-0.2, 0) is 4.74 Å². The molecule has 3 heterocycles. The van der Waals surface area contributed by atoms with Gasteiger partial charge in [0, 0.05) is 37.6 Å². The smallest absolute Gasteiger partial charge is 0.410 e. The molecule has 40 heavy (non-hydrogen) atoms. The van der Waals surface area contributed by atoms with Gasteiger partial charge in [0.25, 0.3) is 0 Å². The Morgan fingerprint density at radius 2 is 1.80 bits per heavy atom. The number of carbonyl (C=O) groups is 2. The summed E-state index contributed by atoms with van der Waals surface area (Å²) in [4.78, 5) is 29.7. The number of nitrogens with zero attached hydrogens (tertiary/aromatic N) is 3. The Balaban J connectivity index is 1.38. The van der Waals surface area contributed by atoms with Crippen molar-refractivity contribution in [1.82, 2.24) is 20.0 Å². The molecule has 0 aliphatic carbocycles. The molecule has 0 bridgehead atoms. The predicted molar refractivity (Wildman–Crippen MR) is 152 cm³/mol. The number of amides is 1. The average molecular weight is 543 g/mol. The number of carbonyl (C=O) groups excluding carboxylic acids is 2. The quantitative estimate of drug-likeness (QED) is 0.373. The van der Waals surface area contributed by atoms with Crippen molar-refractivity contribution in [1.29, 1.82) is 0 Å². The number of fused-ring (bicyclic) bond motifs is 2. The highest BCUT2D eigenvalue weighted by molar-refractivity contribution is 6.15. The topological polar surface area (TPSA) is 97.0 Å². The monoisotopic (exact) mass is 542 g/mol. The van der Waals surface area contributed by atoms with Crippen LogP contribution < -0.4 is 9.47 Å². The van der Waals surface area contributed by atoms with Crippen LogP contribution in [0.15, 0.2) is 42.2 Å². The van der Waals surface area contributed by atoms with E-state index in [0.717, 1.165) is 10.9 Å². The van der Waals surface area contributed by atoms with E-state index in [1.54, 1.807) is 30.2 Å². The molecule has 2 aromatic carbocycles. The molecule has 2 aliphatic heterocycles. The molecule has 0 saturated carbocycles. The fraction of sp³-hybridized carbons (Fsp3) is 0.387. The minimum Gasteiger partial charge on any atom is -0.495 e. The number of ether oxygens (including phenoxy) is 3. The summed E-state index contributed by atoms with van der Waals surface area (Å²) in [7, 11) is 1.57. The maximum absolute atomic E-state index is 13.3. The first-order valence-electron chi connectivity index (χ1n) is 13.3. The van der Waals surface area contributed by atoms with E-state index >= 15 is 0 Å². The maximum Gasteiger partial charge on any atom is 0.410 e. The summed E-state index contributed by atoms with van der Waals surface area (Å²) in [6, 6.07) is 11.1. The van der Waals surface area contributed by atoms with Crippen molar-refractivity contribution in [3.05, 3.63) is 59.0 Å². The molecule has 0 radical (unpaired) electrons. The lowest BCUT2D eigenvalue weighted by Crippen LogP contribution is -2.55. The molecule has 1 amide bonds. The summed E-state index contributed by atoms with van der Waals surface area (Å²) in [6.07, 6.45) is 1.35. The van der Waals surface area contributed by atoms with E-state index in [-0.39, 0.29) is 17.6 Å². The fourth-order valence-electron chi connectivity index (χ4n) is 4.81. The standard InChI is InChI=1S/C31H34N4O5/c1-30(2,3)40-29(37)34-15-17-35(18-16-34)31(4,5)14-13-21-25(38-6)12-11-22-27(36)26(39-28(21)22)19-24-20-9-7-8-10-23(20)32-33-24/h7-12,19H,15-18H2,1-6H3,(H,32,33)/b26-19-. The number of rotatable bonds is 3. The van der Waals surface area contributed by atoms with Crippen LogP contribution in [0.25, 0.3) is 17.0 Å². The predicted octanol–water partition coefficient (Wildman–Crippen LogP) is 4.87. The van der Waals surface area contributed by atoms with Crippen molar-refractivity contribution in [3.63, 3.8) is 0 Å². The Bertz CT molecular complexity index is 1560. The van der Waals surface area contributed by atoms with Crippen molar-refractivity contribution in [2.45, 2.75) is 45.8 Å². The van der Waals surface area contributed by atoms with Gasteiger partial charge in [-0.2, -0.15) is 5.10 Å². The minimum absolute atomic E-state index is 0.182. The molecule has 9 heteroatoms. The lowest BCUT2D eigenvalue weighted by molar-refractivity contribution is 0.00781. The molecule has 5 rings (SSSR count). The zero-order valence-corrected chi connectivity index (χ0v) is 23.8. The number of H-pyrrole nitrogens is 1. The largest absolute Gasteiger partial charge is 0.495 e. The zero-order chi connectivity index (χ0) is 28.7. The highest BCUT2D eigenvalue weighted by Crippen LogP contribution is 2.39. The van der Waals surface area contributed by atoms with Crippen molar-refractivity contribution < 1.29 is 23.8 Å². The van der Waals surface area contributed by atoms with Crippen molar-refractivity contribution in [2.75, 3.05) is 33.3 Å². The molecule has 0 spiro atoms. The Morgan fingerprint density at radius 1 is 1.07 bits per heavy atom. The molecule has 1 aromatic heterocycles. The van der Waals surface area contributed by atoms with Crippen LogP contribution in [0.5, 0.6) is 11.5 Å². The average Bonchev–Trinajstić information content (AvgIpc) is 3.47. The molecule has 1 N–H and O–H groups in total. The van der Waals surface area contributed by atoms with E-state index in [9.17, 15) is 9.59 Å². The second-order valence-corrected chi connectivity index (χ2v) is 11.4. The lowest BCUT2D eigenvalue weighted by Gasteiger charge is -2.41. The number of Topliss-reactive ketones (excluding diaryl/α,β-unsaturated/α-hetero) is 1. The van der Waals surface area contributed by atoms with Crippen molar-refractivity contribution >= 4 is 28.9 Å². The summed E-state index contributed by atoms with van der Waals surface area (Å²) in [5.74, 6) is 7.47. The molecule has 0 atom stereocenters. The van der Waals surface area contributed by atoms with Gasteiger partial charge in [0.05, 0.1) is 29.4 Å². The van der Waals surface area contributed by atoms with Crippen LogP contribution >= 0.6 is 0 Å². The van der Waals surface area contributed by atoms with Crippen molar-refractivity contribution in [3.8, 4) is 23.3 Å². The summed E-state index contributed by atoms with van der Waals surface area (Å²) in [5.41, 5.74) is 1.41. The second-order valence-electron chi connectivity index (χ2n) is 11.4. The van der Waals surface area contributed by atoms with E-state index in [1.807, 2.05) is 58.9 Å². The second kappa shape index (κ2) is 10.4. The number of aromatic nitrogens is 2. The number of nitrogens with one attached hydrogen (secondary N) is 1. The Kier molecular flexibility index (Phi) is 7.06. The van der Waals surface area contributed by atoms with Crippen LogP contribution in [0, 0.1) is 11.8 Å². The number of piperazine rings is 1. The number of aromatic amines is 1. The van der Waals surface area contributed by atoms with E-state index in [4.69, 9.17) is 14.2 Å². The highest BCUT2D eigenvalue weighted by atomic mass is 16.6. The highest BCUT2D eigenvalue weighted by Gasteiger charge is 2.34. The first-order valence-corrected chi connectivity index (χ1v) is 13.3. The third-order valence-corrected chi connectivity index (χ3v) is 7.00. The van der Waals surface area contributed by atoms with E-state index in [0.29, 0.717) is 54.5 Å². The van der Waals surface area contributed by atoms with Gasteiger partial charge >= 0.3 is 6.09 Å². The molecule has 1 saturated heterocycles. The van der Waals surface area contributed by atoms with Gasteiger partial charge in [-0.3, -0.25) is 14.8 Å². The van der Waals surface area contributed by atoms with Crippen LogP contribution in [0.1, 0.15) is 56.2 Å². The van der Waals surface area contributed by atoms with Gasteiger partial charge in [-0.25, -0.2) is 4.79 Å². The first kappa shape index (κ1) is 27.3. The number of hydrogen-bond donors (Lipinski definition) is 1. The van der Waals surface area contributed by atoms with Gasteiger partial charge in [-0.05, 0) is 52.8 Å². The van der Waals surface area contributed by atoms with Gasteiger partial charge in [-0.15, -0.1) is 0 Å². The van der Waals surface area contributed by atoms with Gasteiger partial charge in [-0.1, -0.05) is 30.0 Å². The van der Waals surface area contributed by atoms with Crippen molar-refractivity contribution in [2.24, 2.45) is 0 Å². The Labute approximate surface area is 234 Å². The molecule has 208 valence electrons. The Morgan fingerprint density at radius 3 is 2.50 bits per heavy atom. The van der Waals surface area contributed by atoms with Crippen LogP contribution in [0.4, 0.5) is 4.79 Å². The number of ketones is 1. The third kappa shape index (κ3) is 5.40. The van der Waals surface area contributed by atoms with Gasteiger partial charge in [0.2, 0.25) is 5.78 Å². The zero-order valence-electron chi connectivity index (χ0n) is 23.8. The van der Waals surface area contributed by atoms with Gasteiger partial charge < -0.3 is 19.1 Å². The molecule has 1 fully saturated rings. The fourth-order valence-corrected chi connectivity index (χ4v) is 4.81. The maximum atomic E-state index is 13.3. The van der Waals surface area contributed by atoms with E-state index < -0.39 is 11.1 Å². The molecular weight excluding hydrogens is 508 g/mol. The molecule has 9 nitrogen and oxygen atoms in total. The number of methoxy groups -OCH3 is 1. The molecule has 3 aromatic rings. The summed E-state index contributed by atoms with van der Waals surface area (Å²) in [6.45, 7) is 12.1. The Hall–Kier alpha value is -4.29. The van der Waals surface area contributed by atoms with Crippen LogP contribution in [0.3, 0.4) is 0 Å². The lowest BCUT2D eigenvalue weighted by atomic mass is 10.00. The normalized spacial score (nSPS) is 16.9. The van der Waals surface area contributed by atoms with Crippen LogP contribution in [-0.4, -0.2) is 76.3 Å². The van der Waals surface area contributed by atoms with E-state index in [1.165, 1.54) is 0 Å². The first-order chi connectivity index (χ1) is 19.0. The number of hydrogen-bond acceptors (Lipinski definition) is 7. The van der Waals surface area contributed by atoms with Gasteiger partial charge in [0.1, 0.15) is 16.9 Å². The number of para-hydroxylation sites is 1. The van der Waals surface area contributed by atoms with Gasteiger partial charge in [0.15, 0.2) is 11.5 Å². The third-order valence-electron chi connectivity index (χ3n) is 7.00. The van der Waals surface area contributed by atoms with E-state index in [2.05, 4.69) is 26.9 Å². The minimum atomic E-state index is -0.529. The summed E-state index contributed by atoms with van der Waals surface area (Å²) >= 11 is 0. The van der Waals surface area contributed by atoms with Crippen LogP contribution in [0.2, 0.25) is 0 Å². The number of benzene rings is 2. The molecular formula is C31H34N4O5. The summed E-state index contributed by atoms with van der Waals surface area (Å²) < 4.78 is 17.2.